The molecule has 2 fully saturated rings. The number of amides is 1. The molecule has 3 heterocycles. The van der Waals surface area contributed by atoms with E-state index in [2.05, 4.69) is 31.6 Å². The number of benzene rings is 1. The predicted molar refractivity (Wildman–Crippen MR) is 170 cm³/mol. The van der Waals surface area contributed by atoms with Crippen molar-refractivity contribution < 1.29 is 23.5 Å². The van der Waals surface area contributed by atoms with Crippen LogP contribution in [0.1, 0.15) is 48.3 Å². The molecule has 1 amide bonds. The van der Waals surface area contributed by atoms with E-state index in [9.17, 15) is 14.0 Å². The number of halogens is 2. The summed E-state index contributed by atoms with van der Waals surface area (Å²) in [7, 11) is 1.29. The lowest BCUT2D eigenvalue weighted by molar-refractivity contribution is -0.117. The Labute approximate surface area is 270 Å². The number of methoxy groups -OCH3 is 1. The van der Waals surface area contributed by atoms with Crippen LogP contribution in [0.5, 0.6) is 5.88 Å². The summed E-state index contributed by atoms with van der Waals surface area (Å²) in [4.78, 5) is 36.6. The average Bonchev–Trinajstić information content (AvgIpc) is 3.80. The molecule has 13 heteroatoms. The molecular weight excluding hydrogens is 619 g/mol. The van der Waals surface area contributed by atoms with Gasteiger partial charge in [-0.2, -0.15) is 5.26 Å². The second-order valence-corrected chi connectivity index (χ2v) is 12.7. The first-order chi connectivity index (χ1) is 21.8. The van der Waals surface area contributed by atoms with E-state index in [1.54, 1.807) is 18.2 Å². The average molecular weight is 653 g/mol. The fraction of sp³-hybridized carbons (Fsp3) is 0.406. The van der Waals surface area contributed by atoms with Crippen molar-refractivity contribution in [2.75, 3.05) is 43.9 Å². The van der Waals surface area contributed by atoms with Gasteiger partial charge in [0.25, 0.3) is 0 Å². The monoisotopic (exact) mass is 652 g/mol. The van der Waals surface area contributed by atoms with Crippen LogP contribution in [0.4, 0.5) is 15.9 Å². The SMILES string of the molecule is COC(=O)c1ccc(NC(=O)CN2CCC(Oc3cccc(CSc4ccc(Cl)cc4F)n3)CC2)c(NCC2(CC#N)CC2)n1. The molecule has 1 aliphatic heterocycles. The molecule has 2 N–H and O–H groups in total. The van der Waals surface area contributed by atoms with E-state index < -0.39 is 5.97 Å². The molecule has 0 bridgehead atoms. The van der Waals surface area contributed by atoms with Gasteiger partial charge in [0, 0.05) is 53.2 Å². The van der Waals surface area contributed by atoms with Crippen LogP contribution in [0.3, 0.4) is 0 Å². The van der Waals surface area contributed by atoms with Crippen LogP contribution in [0.2, 0.25) is 5.02 Å². The number of rotatable bonds is 13. The van der Waals surface area contributed by atoms with Crippen LogP contribution in [0, 0.1) is 22.6 Å². The third-order valence-electron chi connectivity index (χ3n) is 7.85. The summed E-state index contributed by atoms with van der Waals surface area (Å²) in [5.74, 6) is 0.243. The molecule has 45 heavy (non-hydrogen) atoms. The minimum absolute atomic E-state index is 0.0394. The highest BCUT2D eigenvalue weighted by Crippen LogP contribution is 2.48. The largest absolute Gasteiger partial charge is 0.474 e. The fourth-order valence-corrected chi connectivity index (χ4v) is 6.03. The van der Waals surface area contributed by atoms with E-state index in [0.29, 0.717) is 59.1 Å². The zero-order valence-corrected chi connectivity index (χ0v) is 26.4. The number of hydrogen-bond donors (Lipinski definition) is 2. The van der Waals surface area contributed by atoms with Gasteiger partial charge in [0.1, 0.15) is 11.9 Å². The Morgan fingerprint density at radius 2 is 1.98 bits per heavy atom. The maximum Gasteiger partial charge on any atom is 0.356 e. The van der Waals surface area contributed by atoms with Crippen molar-refractivity contribution in [3.05, 3.63) is 70.8 Å². The van der Waals surface area contributed by atoms with Gasteiger partial charge in [0.15, 0.2) is 11.5 Å². The van der Waals surface area contributed by atoms with Crippen LogP contribution in [-0.4, -0.2) is 66.1 Å². The predicted octanol–water partition coefficient (Wildman–Crippen LogP) is 5.94. The molecule has 1 aliphatic carbocycles. The van der Waals surface area contributed by atoms with Crippen LogP contribution in [-0.2, 0) is 15.3 Å². The summed E-state index contributed by atoms with van der Waals surface area (Å²) >= 11 is 7.19. The number of anilines is 2. The van der Waals surface area contributed by atoms with Crippen LogP contribution >= 0.6 is 23.4 Å². The number of carbonyl (C=O) groups excluding carboxylic acids is 2. The summed E-state index contributed by atoms with van der Waals surface area (Å²) in [6.45, 7) is 2.05. The Kier molecular flexibility index (Phi) is 10.8. The number of piperidine rings is 1. The van der Waals surface area contributed by atoms with Gasteiger partial charge in [-0.25, -0.2) is 19.2 Å². The minimum Gasteiger partial charge on any atom is -0.474 e. The lowest BCUT2D eigenvalue weighted by Gasteiger charge is -2.31. The maximum absolute atomic E-state index is 14.1. The number of nitrogens with one attached hydrogen (secondary N) is 2. The second kappa shape index (κ2) is 14.9. The van der Waals surface area contributed by atoms with Gasteiger partial charge in [-0.15, -0.1) is 11.8 Å². The molecule has 2 aromatic heterocycles. The summed E-state index contributed by atoms with van der Waals surface area (Å²) in [6.07, 6.45) is 3.74. The molecule has 3 aromatic rings. The highest BCUT2D eigenvalue weighted by Gasteiger charge is 2.42. The molecule has 0 atom stereocenters. The maximum atomic E-state index is 14.1. The van der Waals surface area contributed by atoms with E-state index in [4.69, 9.17) is 26.3 Å². The van der Waals surface area contributed by atoms with Crippen molar-refractivity contribution in [2.45, 2.75) is 48.9 Å². The first-order valence-corrected chi connectivity index (χ1v) is 16.0. The van der Waals surface area contributed by atoms with Crippen molar-refractivity contribution >= 4 is 46.7 Å². The van der Waals surface area contributed by atoms with E-state index in [0.717, 1.165) is 31.4 Å². The molecular formula is C32H34ClFN6O4S. The first-order valence-electron chi connectivity index (χ1n) is 14.7. The molecule has 10 nitrogen and oxygen atoms in total. The fourth-order valence-electron chi connectivity index (χ4n) is 5.04. The number of likely N-dealkylation sites (tertiary alicyclic amines) is 1. The molecule has 2 aliphatic rings. The van der Waals surface area contributed by atoms with Gasteiger partial charge in [0.05, 0.1) is 31.1 Å². The summed E-state index contributed by atoms with van der Waals surface area (Å²) in [5.41, 5.74) is 1.26. The van der Waals surface area contributed by atoms with Gasteiger partial charge in [-0.1, -0.05) is 17.7 Å². The number of nitrogens with zero attached hydrogens (tertiary/aromatic N) is 4. The van der Waals surface area contributed by atoms with Crippen LogP contribution in [0.25, 0.3) is 0 Å². The number of hydrogen-bond acceptors (Lipinski definition) is 10. The molecule has 0 unspecified atom stereocenters. The summed E-state index contributed by atoms with van der Waals surface area (Å²) in [5, 5.41) is 15.7. The number of thioether (sulfide) groups is 1. The summed E-state index contributed by atoms with van der Waals surface area (Å²) < 4.78 is 25.1. The van der Waals surface area contributed by atoms with Gasteiger partial charge in [-0.05, 0) is 62.1 Å². The summed E-state index contributed by atoms with van der Waals surface area (Å²) in [6, 6.07) is 15.6. The zero-order chi connectivity index (χ0) is 31.8. The van der Waals surface area contributed by atoms with Crippen molar-refractivity contribution in [1.82, 2.24) is 14.9 Å². The zero-order valence-electron chi connectivity index (χ0n) is 24.9. The van der Waals surface area contributed by atoms with Gasteiger partial charge in [-0.3, -0.25) is 9.69 Å². The van der Waals surface area contributed by atoms with Crippen molar-refractivity contribution in [3.8, 4) is 11.9 Å². The Balaban J connectivity index is 1.11. The Bertz CT molecular complexity index is 1580. The second-order valence-electron chi connectivity index (χ2n) is 11.2. The van der Waals surface area contributed by atoms with Crippen molar-refractivity contribution in [3.63, 3.8) is 0 Å². The minimum atomic E-state index is -0.576. The molecule has 1 saturated heterocycles. The Morgan fingerprint density at radius 3 is 2.69 bits per heavy atom. The van der Waals surface area contributed by atoms with Crippen molar-refractivity contribution in [1.29, 1.82) is 5.26 Å². The molecule has 5 rings (SSSR count). The molecule has 1 aromatic carbocycles. The standard InChI is InChI=1S/C32H34ClFN6O4S/c1-43-31(42)26-7-6-25(30(39-26)36-20-32(11-12-32)13-14-35)38-28(41)18-40-15-9-23(10-16-40)44-29-4-2-3-22(37-29)19-45-27-8-5-21(33)17-24(27)34/h2-8,17,23H,9-13,15-16,18-20H2,1H3,(H,36,39)(H,38,41). The van der Waals surface area contributed by atoms with Gasteiger partial charge in [0.2, 0.25) is 11.8 Å². The van der Waals surface area contributed by atoms with Crippen LogP contribution < -0.4 is 15.4 Å². The van der Waals surface area contributed by atoms with Crippen molar-refractivity contribution in [2.24, 2.45) is 5.41 Å². The van der Waals surface area contributed by atoms with E-state index in [1.807, 2.05) is 18.2 Å². The van der Waals surface area contributed by atoms with Crippen LogP contribution in [0.15, 0.2) is 53.4 Å². The highest BCUT2D eigenvalue weighted by atomic mass is 35.5. The number of carbonyl (C=O) groups is 2. The number of ether oxygens (including phenoxy) is 2. The van der Waals surface area contributed by atoms with Gasteiger partial charge < -0.3 is 20.1 Å². The quantitative estimate of drug-likeness (QED) is 0.169. The normalized spacial score (nSPS) is 16.0. The lowest BCUT2D eigenvalue weighted by atomic mass is 10.0. The smallest absolute Gasteiger partial charge is 0.356 e. The number of esters is 1. The third-order valence-corrected chi connectivity index (χ3v) is 9.16. The number of aromatic nitrogens is 2. The third kappa shape index (κ3) is 9.06. The molecule has 0 spiro atoms. The molecule has 1 saturated carbocycles. The Morgan fingerprint density at radius 1 is 1.18 bits per heavy atom. The number of pyridine rings is 2. The number of nitriles is 1. The van der Waals surface area contributed by atoms with Gasteiger partial charge >= 0.3 is 5.97 Å². The van der Waals surface area contributed by atoms with E-state index in [-0.39, 0.29) is 35.5 Å². The highest BCUT2D eigenvalue weighted by molar-refractivity contribution is 7.98. The molecule has 0 radical (unpaired) electrons. The van der Waals surface area contributed by atoms with E-state index >= 15 is 0 Å². The lowest BCUT2D eigenvalue weighted by Crippen LogP contribution is -2.42. The topological polar surface area (TPSA) is 129 Å². The first kappa shape index (κ1) is 32.5. The molecule has 236 valence electrons. The Hall–Kier alpha value is -3.92. The van der Waals surface area contributed by atoms with E-state index in [1.165, 1.54) is 31.0 Å².